The minimum atomic E-state index is -0.278. The summed E-state index contributed by atoms with van der Waals surface area (Å²) >= 11 is 0. The van der Waals surface area contributed by atoms with Gasteiger partial charge in [0.1, 0.15) is 0 Å². The molecule has 0 aliphatic carbocycles. The van der Waals surface area contributed by atoms with Crippen LogP contribution in [0.4, 0.5) is 0 Å². The fourth-order valence-corrected chi connectivity index (χ4v) is 2.52. The van der Waals surface area contributed by atoms with Crippen molar-refractivity contribution in [3.05, 3.63) is 0 Å². The largest absolute Gasteiger partial charge is 0.370 e. The lowest BCUT2D eigenvalue weighted by Gasteiger charge is -1.99. The molecule has 0 aliphatic heterocycles. The first-order valence-corrected chi connectivity index (χ1v) is 6.39. The van der Waals surface area contributed by atoms with E-state index in [9.17, 15) is 9.59 Å². The lowest BCUT2D eigenvalue weighted by atomic mass is 10.5. The zero-order valence-electron chi connectivity index (χ0n) is 7.54. The Morgan fingerprint density at radius 1 is 1.23 bits per heavy atom. The van der Waals surface area contributed by atoms with E-state index >= 15 is 0 Å². The van der Waals surface area contributed by atoms with Crippen LogP contribution in [0.5, 0.6) is 0 Å². The molecule has 3 N–H and O–H groups in total. The average molecular weight is 222 g/mol. The second-order valence-corrected chi connectivity index (χ2v) is 4.99. The van der Waals surface area contributed by atoms with Crippen LogP contribution in [0.3, 0.4) is 0 Å². The fourth-order valence-electron chi connectivity index (χ4n) is 0.519. The molecule has 2 amide bonds. The van der Waals surface area contributed by atoms with E-state index in [-0.39, 0.29) is 11.8 Å². The van der Waals surface area contributed by atoms with E-state index in [1.165, 1.54) is 0 Å². The van der Waals surface area contributed by atoms with E-state index in [2.05, 4.69) is 5.32 Å². The maximum atomic E-state index is 10.7. The van der Waals surface area contributed by atoms with Gasteiger partial charge in [0.05, 0.1) is 0 Å². The molecule has 0 aliphatic rings. The van der Waals surface area contributed by atoms with Gasteiger partial charge in [-0.05, 0) is 0 Å². The molecule has 0 aromatic carbocycles. The zero-order valence-corrected chi connectivity index (χ0v) is 9.17. The van der Waals surface area contributed by atoms with Crippen molar-refractivity contribution < 1.29 is 9.59 Å². The average Bonchev–Trinajstić information content (AvgIpc) is 2.10. The standard InChI is InChI=1S/C7H14N2O2S2/c1-9-7(11)3-5-13-12-4-2-6(8)10/h2-5H2,1H3,(H2,8,10)(H,9,11). The molecule has 0 atom stereocenters. The van der Waals surface area contributed by atoms with Crippen molar-refractivity contribution in [2.75, 3.05) is 18.6 Å². The van der Waals surface area contributed by atoms with Crippen LogP contribution in [-0.4, -0.2) is 30.4 Å². The molecule has 0 rings (SSSR count). The summed E-state index contributed by atoms with van der Waals surface area (Å²) in [5.74, 6) is 1.25. The van der Waals surface area contributed by atoms with Gasteiger partial charge in [0.25, 0.3) is 0 Å². The Labute approximate surface area is 85.8 Å². The van der Waals surface area contributed by atoms with Crippen LogP contribution in [0.2, 0.25) is 0 Å². The molecule has 0 aromatic rings. The lowest BCUT2D eigenvalue weighted by molar-refractivity contribution is -0.120. The molecule has 0 spiro atoms. The van der Waals surface area contributed by atoms with Gasteiger partial charge in [-0.3, -0.25) is 9.59 Å². The quantitative estimate of drug-likeness (QED) is 0.482. The topological polar surface area (TPSA) is 72.2 Å². The van der Waals surface area contributed by atoms with Crippen molar-refractivity contribution >= 4 is 33.4 Å². The summed E-state index contributed by atoms with van der Waals surface area (Å²) in [6.07, 6.45) is 0.919. The Kier molecular flexibility index (Phi) is 8.02. The third kappa shape index (κ3) is 9.55. The van der Waals surface area contributed by atoms with Crippen LogP contribution in [0.25, 0.3) is 0 Å². The molecule has 4 nitrogen and oxygen atoms in total. The van der Waals surface area contributed by atoms with Crippen LogP contribution in [-0.2, 0) is 9.59 Å². The van der Waals surface area contributed by atoms with Crippen LogP contribution >= 0.6 is 21.6 Å². The van der Waals surface area contributed by atoms with Gasteiger partial charge in [0.2, 0.25) is 11.8 Å². The number of hydrogen-bond acceptors (Lipinski definition) is 4. The highest BCUT2D eigenvalue weighted by Crippen LogP contribution is 2.22. The smallest absolute Gasteiger partial charge is 0.220 e. The van der Waals surface area contributed by atoms with Crippen LogP contribution in [0, 0.1) is 0 Å². The number of carbonyl (C=O) groups is 2. The zero-order chi connectivity index (χ0) is 10.1. The van der Waals surface area contributed by atoms with Crippen LogP contribution in [0.15, 0.2) is 0 Å². The molecule has 0 saturated carbocycles. The van der Waals surface area contributed by atoms with Crippen molar-refractivity contribution in [2.24, 2.45) is 5.73 Å². The highest BCUT2D eigenvalue weighted by atomic mass is 33.1. The number of hydrogen-bond donors (Lipinski definition) is 2. The van der Waals surface area contributed by atoms with Gasteiger partial charge in [0.15, 0.2) is 0 Å². The van der Waals surface area contributed by atoms with Gasteiger partial charge >= 0.3 is 0 Å². The van der Waals surface area contributed by atoms with Gasteiger partial charge in [-0.2, -0.15) is 0 Å². The summed E-state index contributed by atoms with van der Waals surface area (Å²) in [5.41, 5.74) is 4.95. The van der Waals surface area contributed by atoms with E-state index in [1.54, 1.807) is 28.6 Å². The summed E-state index contributed by atoms with van der Waals surface area (Å²) in [4.78, 5) is 21.1. The SMILES string of the molecule is CNC(=O)CCSSCCC(N)=O. The van der Waals surface area contributed by atoms with Crippen molar-refractivity contribution in [3.63, 3.8) is 0 Å². The second-order valence-electron chi connectivity index (χ2n) is 2.28. The number of amides is 2. The third-order valence-electron chi connectivity index (χ3n) is 1.21. The number of primary amides is 1. The first-order chi connectivity index (χ1) is 6.16. The lowest BCUT2D eigenvalue weighted by Crippen LogP contribution is -2.17. The predicted molar refractivity (Wildman–Crippen MR) is 57.4 cm³/mol. The van der Waals surface area contributed by atoms with Crippen molar-refractivity contribution in [1.29, 1.82) is 0 Å². The van der Waals surface area contributed by atoms with E-state index in [0.29, 0.717) is 18.6 Å². The molecule has 76 valence electrons. The molecule has 0 fully saturated rings. The molecule has 0 unspecified atom stereocenters. The van der Waals surface area contributed by atoms with Crippen molar-refractivity contribution in [1.82, 2.24) is 5.32 Å². The summed E-state index contributed by atoms with van der Waals surface area (Å²) in [5, 5.41) is 2.54. The van der Waals surface area contributed by atoms with Gasteiger partial charge in [-0.15, -0.1) is 0 Å². The Hall–Kier alpha value is -0.360. The Bertz CT molecular complexity index is 176. The number of carbonyl (C=O) groups excluding carboxylic acids is 2. The van der Waals surface area contributed by atoms with Gasteiger partial charge in [0, 0.05) is 31.4 Å². The number of nitrogens with two attached hydrogens (primary N) is 1. The molecule has 0 bridgehead atoms. The second kappa shape index (κ2) is 8.25. The molecular formula is C7H14N2O2S2. The molecule has 0 saturated heterocycles. The Morgan fingerprint density at radius 2 is 1.77 bits per heavy atom. The minimum absolute atomic E-state index is 0.0444. The normalized spacial score (nSPS) is 9.62. The molecule has 0 radical (unpaired) electrons. The highest BCUT2D eigenvalue weighted by Gasteiger charge is 1.98. The summed E-state index contributed by atoms with van der Waals surface area (Å²) in [6.45, 7) is 0. The Balaban J connectivity index is 3.08. The number of rotatable bonds is 7. The third-order valence-corrected chi connectivity index (χ3v) is 3.61. The van der Waals surface area contributed by atoms with E-state index in [4.69, 9.17) is 5.73 Å². The van der Waals surface area contributed by atoms with E-state index in [0.717, 1.165) is 5.75 Å². The summed E-state index contributed by atoms with van der Waals surface area (Å²) in [6, 6.07) is 0. The first kappa shape index (κ1) is 12.6. The van der Waals surface area contributed by atoms with Crippen LogP contribution < -0.4 is 11.1 Å². The number of nitrogens with one attached hydrogen (secondary N) is 1. The first-order valence-electron chi connectivity index (χ1n) is 3.90. The van der Waals surface area contributed by atoms with E-state index in [1.807, 2.05) is 0 Å². The molecule has 0 heterocycles. The van der Waals surface area contributed by atoms with Gasteiger partial charge < -0.3 is 11.1 Å². The van der Waals surface area contributed by atoms with Crippen LogP contribution in [0.1, 0.15) is 12.8 Å². The summed E-state index contributed by atoms with van der Waals surface area (Å²) in [7, 11) is 4.78. The predicted octanol–water partition coefficient (Wildman–Crippen LogP) is 0.379. The van der Waals surface area contributed by atoms with Gasteiger partial charge in [-0.1, -0.05) is 21.6 Å². The highest BCUT2D eigenvalue weighted by molar-refractivity contribution is 8.76. The van der Waals surface area contributed by atoms with Crippen molar-refractivity contribution in [3.8, 4) is 0 Å². The molecule has 13 heavy (non-hydrogen) atoms. The van der Waals surface area contributed by atoms with Crippen molar-refractivity contribution in [2.45, 2.75) is 12.8 Å². The molecular weight excluding hydrogens is 208 g/mol. The molecule has 6 heteroatoms. The summed E-state index contributed by atoms with van der Waals surface area (Å²) < 4.78 is 0. The monoisotopic (exact) mass is 222 g/mol. The minimum Gasteiger partial charge on any atom is -0.370 e. The van der Waals surface area contributed by atoms with E-state index < -0.39 is 0 Å². The fraction of sp³-hybridized carbons (Fsp3) is 0.714. The van der Waals surface area contributed by atoms with Gasteiger partial charge in [-0.25, -0.2) is 0 Å². The maximum Gasteiger partial charge on any atom is 0.220 e. The Morgan fingerprint density at radius 3 is 2.23 bits per heavy atom. The molecule has 0 aromatic heterocycles. The maximum absolute atomic E-state index is 10.7.